The Kier molecular flexibility index (Phi) is 13.7. The molecular formula is C44H44N10O12. The van der Waals surface area contributed by atoms with Crippen LogP contribution in [0.25, 0.3) is 17.1 Å². The molecule has 1 fully saturated rings. The number of anilines is 2. The Hall–Kier alpha value is -8.11. The smallest absolute Gasteiger partial charge is 0.357 e. The van der Waals surface area contributed by atoms with Crippen molar-refractivity contribution in [2.24, 2.45) is 5.73 Å². The minimum Gasteiger partial charge on any atom is -0.455 e. The third kappa shape index (κ3) is 10.6. The summed E-state index contributed by atoms with van der Waals surface area (Å²) in [5, 5.41) is 14.8. The molecule has 1 saturated heterocycles. The summed E-state index contributed by atoms with van der Waals surface area (Å²) in [4.78, 5) is 110. The van der Waals surface area contributed by atoms with Crippen LogP contribution in [0.1, 0.15) is 96.2 Å². The number of oxazole rings is 1. The molecule has 0 radical (unpaired) electrons. The first-order valence-electron chi connectivity index (χ1n) is 20.6. The number of nitrogens with zero attached hydrogens (tertiary/aromatic N) is 5. The highest BCUT2D eigenvalue weighted by atomic mass is 16.6. The highest BCUT2D eigenvalue weighted by molar-refractivity contribution is 6.25. The number of ether oxygens (including phenoxy) is 3. The third-order valence-electron chi connectivity index (χ3n) is 9.88. The summed E-state index contributed by atoms with van der Waals surface area (Å²) in [6, 6.07) is 13.0. The number of imide groups is 2. The van der Waals surface area contributed by atoms with Crippen molar-refractivity contribution in [2.75, 3.05) is 50.2 Å². The maximum absolute atomic E-state index is 13.2. The van der Waals surface area contributed by atoms with E-state index in [2.05, 4.69) is 36.3 Å². The minimum atomic E-state index is -1.06. The van der Waals surface area contributed by atoms with Crippen molar-refractivity contribution in [3.05, 3.63) is 107 Å². The second-order valence-electron chi connectivity index (χ2n) is 15.8. The lowest BCUT2D eigenvalue weighted by atomic mass is 10.0. The van der Waals surface area contributed by atoms with E-state index in [-0.39, 0.29) is 91.5 Å². The van der Waals surface area contributed by atoms with Gasteiger partial charge in [-0.05, 0) is 75.7 Å². The van der Waals surface area contributed by atoms with Crippen LogP contribution in [0, 0.1) is 0 Å². The molecule has 342 valence electrons. The maximum atomic E-state index is 13.2. The lowest BCUT2D eigenvalue weighted by Gasteiger charge is -2.27. The standard InChI is InChI=1S/C44H44N10O12/c1-44(2,3)66-43(62)29-21-25(13-14-46-29)40-50-31(23-65-40)38(58)49-30-22-53(52-35(30)36(45)56)26-9-7-24(8-10-26)37(57)48-16-18-64-20-19-63-17-15-47-28-6-4-5-27-34(28)42(61)54(41(27)60)32-11-12-33(55)51-39(32)59/h4-10,13-14,21-23,32,47H,11-12,15-20H2,1-3H3,(H2,45,56)(H,48,57)(H,49,58)(H,51,55,59). The Morgan fingerprint density at radius 3 is 2.35 bits per heavy atom. The quantitative estimate of drug-likeness (QED) is 0.0479. The summed E-state index contributed by atoms with van der Waals surface area (Å²) in [5.74, 6) is -4.96. The molecular weight excluding hydrogens is 861 g/mol. The molecule has 6 N–H and O–H groups in total. The number of aromatic nitrogens is 4. The molecule has 22 heteroatoms. The molecule has 66 heavy (non-hydrogen) atoms. The first-order valence-corrected chi connectivity index (χ1v) is 20.6. The zero-order valence-corrected chi connectivity index (χ0v) is 35.9. The zero-order valence-electron chi connectivity index (χ0n) is 35.9. The van der Waals surface area contributed by atoms with Crippen LogP contribution in [0.3, 0.4) is 0 Å². The number of carbonyl (C=O) groups excluding carboxylic acids is 8. The molecule has 2 aromatic carbocycles. The van der Waals surface area contributed by atoms with E-state index < -0.39 is 53.1 Å². The summed E-state index contributed by atoms with van der Waals surface area (Å²) in [5.41, 5.74) is 6.36. The number of nitrogens with two attached hydrogens (primary N) is 1. The lowest BCUT2D eigenvalue weighted by molar-refractivity contribution is -0.136. The van der Waals surface area contributed by atoms with Crippen LogP contribution in [0.15, 0.2) is 77.7 Å². The number of hydrogen-bond acceptors (Lipinski definition) is 16. The van der Waals surface area contributed by atoms with Crippen molar-refractivity contribution >= 4 is 58.7 Å². The van der Waals surface area contributed by atoms with Crippen molar-refractivity contribution in [1.82, 2.24) is 35.3 Å². The lowest BCUT2D eigenvalue weighted by Crippen LogP contribution is -2.54. The Morgan fingerprint density at radius 1 is 0.894 bits per heavy atom. The molecule has 7 amide bonds. The van der Waals surface area contributed by atoms with E-state index in [0.717, 1.165) is 11.2 Å². The van der Waals surface area contributed by atoms with Gasteiger partial charge in [-0.2, -0.15) is 5.10 Å². The van der Waals surface area contributed by atoms with Gasteiger partial charge in [-0.25, -0.2) is 19.4 Å². The van der Waals surface area contributed by atoms with E-state index in [4.69, 9.17) is 24.4 Å². The van der Waals surface area contributed by atoms with Crippen molar-refractivity contribution in [2.45, 2.75) is 45.3 Å². The number of rotatable bonds is 18. The van der Waals surface area contributed by atoms with E-state index in [9.17, 15) is 38.4 Å². The van der Waals surface area contributed by atoms with Crippen LogP contribution in [-0.2, 0) is 23.8 Å². The molecule has 1 atom stereocenters. The average molecular weight is 905 g/mol. The fourth-order valence-corrected chi connectivity index (χ4v) is 6.83. The van der Waals surface area contributed by atoms with Crippen LogP contribution < -0.4 is 27.0 Å². The van der Waals surface area contributed by atoms with Crippen molar-refractivity contribution < 1.29 is 57.0 Å². The SMILES string of the molecule is CC(C)(C)OC(=O)c1cc(-c2nc(C(=O)Nc3cn(-c4ccc(C(=O)NCCOCCOCCNc5cccc6c5C(=O)N(C5CCC(=O)NC5=O)C6=O)cc4)nc3C(N)=O)co2)ccn1. The van der Waals surface area contributed by atoms with Crippen LogP contribution in [0.2, 0.25) is 0 Å². The van der Waals surface area contributed by atoms with Gasteiger partial charge in [-0.15, -0.1) is 0 Å². The number of benzene rings is 2. The van der Waals surface area contributed by atoms with Gasteiger partial charge >= 0.3 is 5.97 Å². The molecule has 0 spiro atoms. The summed E-state index contributed by atoms with van der Waals surface area (Å²) in [7, 11) is 0. The first kappa shape index (κ1) is 45.9. The van der Waals surface area contributed by atoms with Gasteiger partial charge in [0.25, 0.3) is 29.5 Å². The van der Waals surface area contributed by atoms with Gasteiger partial charge in [0, 0.05) is 42.5 Å². The van der Waals surface area contributed by atoms with Gasteiger partial charge in [-0.1, -0.05) is 6.07 Å². The largest absolute Gasteiger partial charge is 0.455 e. The molecule has 1 unspecified atom stereocenters. The summed E-state index contributed by atoms with van der Waals surface area (Å²) in [6.07, 6.45) is 3.96. The van der Waals surface area contributed by atoms with Crippen LogP contribution >= 0.6 is 0 Å². The van der Waals surface area contributed by atoms with Gasteiger partial charge in [0.1, 0.15) is 23.6 Å². The molecule has 5 aromatic rings. The van der Waals surface area contributed by atoms with Gasteiger partial charge in [-0.3, -0.25) is 43.8 Å². The number of carbonyl (C=O) groups is 8. The highest BCUT2D eigenvalue weighted by Crippen LogP contribution is 2.32. The molecule has 3 aromatic heterocycles. The van der Waals surface area contributed by atoms with Gasteiger partial charge in [0.15, 0.2) is 11.4 Å². The third-order valence-corrected chi connectivity index (χ3v) is 9.88. The Balaban J connectivity index is 0.825. The van der Waals surface area contributed by atoms with Crippen LogP contribution in [0.4, 0.5) is 11.4 Å². The van der Waals surface area contributed by atoms with Crippen molar-refractivity contribution in [1.29, 1.82) is 0 Å². The maximum Gasteiger partial charge on any atom is 0.357 e. The molecule has 2 aliphatic heterocycles. The van der Waals surface area contributed by atoms with Crippen molar-refractivity contribution in [3.8, 4) is 17.1 Å². The average Bonchev–Trinajstić information content (AvgIpc) is 4.01. The molecule has 5 heterocycles. The summed E-state index contributed by atoms with van der Waals surface area (Å²) >= 11 is 0. The number of nitrogens with one attached hydrogen (secondary N) is 4. The second kappa shape index (κ2) is 19.7. The molecule has 0 bridgehead atoms. The van der Waals surface area contributed by atoms with Gasteiger partial charge < -0.3 is 40.3 Å². The Morgan fingerprint density at radius 2 is 1.64 bits per heavy atom. The first-order chi connectivity index (χ1) is 31.6. The zero-order chi connectivity index (χ0) is 47.1. The number of hydrogen-bond donors (Lipinski definition) is 5. The Labute approximate surface area is 375 Å². The fraction of sp³-hybridized carbons (Fsp3) is 0.295. The highest BCUT2D eigenvalue weighted by Gasteiger charge is 2.45. The predicted molar refractivity (Wildman–Crippen MR) is 231 cm³/mol. The summed E-state index contributed by atoms with van der Waals surface area (Å²) in [6.45, 7) is 6.62. The minimum absolute atomic E-state index is 0.00912. The molecule has 0 aliphatic carbocycles. The van der Waals surface area contributed by atoms with Gasteiger partial charge in [0.05, 0.1) is 55.1 Å². The van der Waals surface area contributed by atoms with Crippen LogP contribution in [0.5, 0.6) is 0 Å². The number of pyridine rings is 1. The number of primary amides is 1. The second-order valence-corrected chi connectivity index (χ2v) is 15.8. The molecule has 7 rings (SSSR count). The van der Waals surface area contributed by atoms with Crippen LogP contribution in [-0.4, -0.2) is 123 Å². The van der Waals surface area contributed by atoms with E-state index >= 15 is 0 Å². The monoisotopic (exact) mass is 904 g/mol. The topological polar surface area (TPSA) is 298 Å². The molecule has 0 saturated carbocycles. The predicted octanol–water partition coefficient (Wildman–Crippen LogP) is 2.51. The van der Waals surface area contributed by atoms with Gasteiger partial charge in [0.2, 0.25) is 17.7 Å². The molecule has 22 nitrogen and oxygen atoms in total. The van der Waals surface area contributed by atoms with E-state index in [1.807, 2.05) is 0 Å². The van der Waals surface area contributed by atoms with Crippen molar-refractivity contribution in [3.63, 3.8) is 0 Å². The van der Waals surface area contributed by atoms with E-state index in [1.165, 1.54) is 29.2 Å². The summed E-state index contributed by atoms with van der Waals surface area (Å²) < 4.78 is 23.3. The fourth-order valence-electron chi connectivity index (χ4n) is 6.83. The van der Waals surface area contributed by atoms with E-state index in [1.54, 1.807) is 63.2 Å². The normalized spacial score (nSPS) is 14.7. The number of amides is 7. The number of fused-ring (bicyclic) bond motifs is 1. The molecule has 2 aliphatic rings. The van der Waals surface area contributed by atoms with E-state index in [0.29, 0.717) is 29.0 Å². The Bertz CT molecular complexity index is 2720. The number of esters is 1. The number of piperidine rings is 1.